The van der Waals surface area contributed by atoms with Gasteiger partial charge in [0.25, 0.3) is 0 Å². The van der Waals surface area contributed by atoms with Crippen molar-refractivity contribution in [2.75, 3.05) is 14.2 Å². The number of methoxy groups -OCH3 is 2. The van der Waals surface area contributed by atoms with Crippen LogP contribution < -0.4 is 9.47 Å². The average Bonchev–Trinajstić information content (AvgIpc) is 2.34. The molecule has 0 aromatic heterocycles. The summed E-state index contributed by atoms with van der Waals surface area (Å²) < 4.78 is 10.6. The molecule has 0 aliphatic rings. The van der Waals surface area contributed by atoms with Crippen LogP contribution in [0.15, 0.2) is 12.1 Å². The van der Waals surface area contributed by atoms with Crippen molar-refractivity contribution in [3.05, 3.63) is 23.3 Å². The molecule has 0 saturated heterocycles. The topological polar surface area (TPSA) is 35.5 Å². The summed E-state index contributed by atoms with van der Waals surface area (Å²) in [5.41, 5.74) is 2.14. The molecule has 0 aliphatic carbocycles. The third kappa shape index (κ3) is 3.49. The van der Waals surface area contributed by atoms with Crippen molar-refractivity contribution in [2.24, 2.45) is 5.92 Å². The number of hydrogen-bond donors (Lipinski definition) is 0. The second-order valence-corrected chi connectivity index (χ2v) is 4.77. The molecule has 1 aromatic rings. The maximum absolute atomic E-state index is 11.6. The Hall–Kier alpha value is -1.51. The molecule has 0 bridgehead atoms. The van der Waals surface area contributed by atoms with Crippen LogP contribution in [0.1, 0.15) is 31.4 Å². The van der Waals surface area contributed by atoms with E-state index in [1.54, 1.807) is 14.2 Å². The van der Waals surface area contributed by atoms with Gasteiger partial charge in [0, 0.05) is 12.3 Å². The predicted molar refractivity (Wildman–Crippen MR) is 72.4 cm³/mol. The fourth-order valence-corrected chi connectivity index (χ4v) is 1.93. The van der Waals surface area contributed by atoms with E-state index in [-0.39, 0.29) is 5.92 Å². The maximum atomic E-state index is 11.6. The summed E-state index contributed by atoms with van der Waals surface area (Å²) in [7, 11) is 3.26. The van der Waals surface area contributed by atoms with E-state index < -0.39 is 0 Å². The fourth-order valence-electron chi connectivity index (χ4n) is 1.93. The number of aryl methyl sites for hydroxylation is 2. The van der Waals surface area contributed by atoms with Crippen molar-refractivity contribution < 1.29 is 14.3 Å². The Kier molecular flexibility index (Phi) is 5.20. The van der Waals surface area contributed by atoms with Crippen LogP contribution in [0.25, 0.3) is 0 Å². The highest BCUT2D eigenvalue weighted by Gasteiger charge is 2.11. The van der Waals surface area contributed by atoms with E-state index >= 15 is 0 Å². The Balaban J connectivity index is 2.85. The number of ketones is 1. The number of benzene rings is 1. The second-order valence-electron chi connectivity index (χ2n) is 4.77. The van der Waals surface area contributed by atoms with Crippen LogP contribution >= 0.6 is 0 Å². The Morgan fingerprint density at radius 1 is 1.22 bits per heavy atom. The van der Waals surface area contributed by atoms with Gasteiger partial charge in [0.2, 0.25) is 0 Å². The molecule has 0 saturated carbocycles. The zero-order valence-electron chi connectivity index (χ0n) is 11.9. The molecular formula is C15H22O3. The van der Waals surface area contributed by atoms with Crippen molar-refractivity contribution in [2.45, 2.75) is 33.6 Å². The Labute approximate surface area is 109 Å². The number of Topliss-reactive ketones (excluding diaryl/α,β-unsaturated/α-hetero) is 1. The first kappa shape index (κ1) is 14.6. The summed E-state index contributed by atoms with van der Waals surface area (Å²) in [5, 5.41) is 0. The number of carbonyl (C=O) groups excluding carboxylic acids is 1. The minimum atomic E-state index is 0.103. The Morgan fingerprint density at radius 3 is 2.39 bits per heavy atom. The van der Waals surface area contributed by atoms with Crippen molar-refractivity contribution in [1.29, 1.82) is 0 Å². The third-order valence-corrected chi connectivity index (χ3v) is 3.03. The second kappa shape index (κ2) is 6.43. The summed E-state index contributed by atoms with van der Waals surface area (Å²) in [6.07, 6.45) is 1.32. The van der Waals surface area contributed by atoms with Crippen LogP contribution in [-0.4, -0.2) is 20.0 Å². The van der Waals surface area contributed by atoms with E-state index in [4.69, 9.17) is 9.47 Å². The van der Waals surface area contributed by atoms with Crippen LogP contribution in [0.3, 0.4) is 0 Å². The lowest BCUT2D eigenvalue weighted by atomic mass is 9.99. The van der Waals surface area contributed by atoms with E-state index in [1.165, 1.54) is 0 Å². The molecule has 3 nitrogen and oxygen atoms in total. The van der Waals surface area contributed by atoms with Crippen LogP contribution in [0.5, 0.6) is 11.5 Å². The molecule has 0 amide bonds. The first-order valence-electron chi connectivity index (χ1n) is 6.23. The summed E-state index contributed by atoms with van der Waals surface area (Å²) in [6, 6.07) is 3.99. The first-order valence-corrected chi connectivity index (χ1v) is 6.23. The highest BCUT2D eigenvalue weighted by atomic mass is 16.5. The van der Waals surface area contributed by atoms with Crippen LogP contribution in [0, 0.1) is 12.8 Å². The van der Waals surface area contributed by atoms with E-state index in [1.807, 2.05) is 26.8 Å². The molecule has 1 aromatic carbocycles. The van der Waals surface area contributed by atoms with E-state index in [2.05, 4.69) is 6.07 Å². The Morgan fingerprint density at radius 2 is 1.89 bits per heavy atom. The highest BCUT2D eigenvalue weighted by molar-refractivity contribution is 5.80. The summed E-state index contributed by atoms with van der Waals surface area (Å²) >= 11 is 0. The molecule has 18 heavy (non-hydrogen) atoms. The standard InChI is InChI=1S/C15H22O3/c1-10(2)13(16)7-6-12-8-11(3)15(18-5)14(9-12)17-4/h8-10H,6-7H2,1-5H3. The van der Waals surface area contributed by atoms with Crippen molar-refractivity contribution in [3.8, 4) is 11.5 Å². The zero-order valence-corrected chi connectivity index (χ0v) is 11.9. The number of hydrogen-bond acceptors (Lipinski definition) is 3. The Bertz CT molecular complexity index is 422. The molecule has 0 N–H and O–H groups in total. The van der Waals surface area contributed by atoms with Crippen LogP contribution in [0.2, 0.25) is 0 Å². The van der Waals surface area contributed by atoms with E-state index in [9.17, 15) is 4.79 Å². The SMILES string of the molecule is COc1cc(CCC(=O)C(C)C)cc(C)c1OC. The number of rotatable bonds is 6. The van der Waals surface area contributed by atoms with Gasteiger partial charge >= 0.3 is 0 Å². The zero-order chi connectivity index (χ0) is 13.7. The highest BCUT2D eigenvalue weighted by Crippen LogP contribution is 2.32. The van der Waals surface area contributed by atoms with Crippen LogP contribution in [-0.2, 0) is 11.2 Å². The van der Waals surface area contributed by atoms with Gasteiger partial charge in [-0.2, -0.15) is 0 Å². The smallest absolute Gasteiger partial charge is 0.163 e. The first-order chi connectivity index (χ1) is 8.49. The van der Waals surface area contributed by atoms with Gasteiger partial charge in [-0.1, -0.05) is 19.9 Å². The lowest BCUT2D eigenvalue weighted by Gasteiger charge is -2.13. The molecule has 1 rings (SSSR count). The monoisotopic (exact) mass is 250 g/mol. The molecule has 3 heteroatoms. The fraction of sp³-hybridized carbons (Fsp3) is 0.533. The minimum Gasteiger partial charge on any atom is -0.493 e. The maximum Gasteiger partial charge on any atom is 0.163 e. The van der Waals surface area contributed by atoms with Gasteiger partial charge in [-0.15, -0.1) is 0 Å². The molecule has 0 heterocycles. The van der Waals surface area contributed by atoms with Gasteiger partial charge in [-0.05, 0) is 30.5 Å². The van der Waals surface area contributed by atoms with Crippen molar-refractivity contribution in [3.63, 3.8) is 0 Å². The summed E-state index contributed by atoms with van der Waals surface area (Å²) in [4.78, 5) is 11.6. The molecule has 0 spiro atoms. The molecule has 0 unspecified atom stereocenters. The normalized spacial score (nSPS) is 10.6. The lowest BCUT2D eigenvalue weighted by molar-refractivity contribution is -0.121. The van der Waals surface area contributed by atoms with Crippen molar-refractivity contribution >= 4 is 5.78 Å². The molecule has 0 radical (unpaired) electrons. The van der Waals surface area contributed by atoms with Gasteiger partial charge < -0.3 is 9.47 Å². The van der Waals surface area contributed by atoms with Gasteiger partial charge in [0.05, 0.1) is 14.2 Å². The van der Waals surface area contributed by atoms with Gasteiger partial charge in [-0.3, -0.25) is 4.79 Å². The molecule has 0 atom stereocenters. The predicted octanol–water partition coefficient (Wildman–Crippen LogP) is 3.17. The van der Waals surface area contributed by atoms with Crippen LogP contribution in [0.4, 0.5) is 0 Å². The minimum absolute atomic E-state index is 0.103. The van der Waals surface area contributed by atoms with Crippen molar-refractivity contribution in [1.82, 2.24) is 0 Å². The molecule has 0 fully saturated rings. The quantitative estimate of drug-likeness (QED) is 0.778. The summed E-state index contributed by atoms with van der Waals surface area (Å²) in [6.45, 7) is 5.85. The molecular weight excluding hydrogens is 228 g/mol. The van der Waals surface area contributed by atoms with Gasteiger partial charge in [-0.25, -0.2) is 0 Å². The van der Waals surface area contributed by atoms with Gasteiger partial charge in [0.15, 0.2) is 11.5 Å². The third-order valence-electron chi connectivity index (χ3n) is 3.03. The lowest BCUT2D eigenvalue weighted by Crippen LogP contribution is -2.08. The number of carbonyl (C=O) groups is 1. The number of ether oxygens (including phenoxy) is 2. The van der Waals surface area contributed by atoms with E-state index in [0.29, 0.717) is 12.2 Å². The largest absolute Gasteiger partial charge is 0.493 e. The summed E-state index contributed by atoms with van der Waals surface area (Å²) in [5.74, 6) is 1.88. The van der Waals surface area contributed by atoms with Gasteiger partial charge in [0.1, 0.15) is 5.78 Å². The van der Waals surface area contributed by atoms with E-state index in [0.717, 1.165) is 29.0 Å². The molecule has 100 valence electrons. The molecule has 0 aliphatic heterocycles. The average molecular weight is 250 g/mol.